The minimum atomic E-state index is -3.41. The second-order valence-electron chi connectivity index (χ2n) is 5.87. The van der Waals surface area contributed by atoms with Crippen LogP contribution in [0.4, 0.5) is 5.13 Å². The van der Waals surface area contributed by atoms with Gasteiger partial charge >= 0.3 is 0 Å². The van der Waals surface area contributed by atoms with E-state index in [9.17, 15) is 13.2 Å². The molecule has 0 bridgehead atoms. The zero-order valence-electron chi connectivity index (χ0n) is 14.7. The number of nitrogens with zero attached hydrogens (tertiary/aromatic N) is 3. The molecule has 1 N–H and O–H groups in total. The van der Waals surface area contributed by atoms with Gasteiger partial charge in [0.1, 0.15) is 0 Å². The summed E-state index contributed by atoms with van der Waals surface area (Å²) in [6, 6.07) is 14.4. The minimum Gasteiger partial charge on any atom is -0.299 e. The van der Waals surface area contributed by atoms with Gasteiger partial charge in [-0.1, -0.05) is 65.6 Å². The lowest BCUT2D eigenvalue weighted by Crippen LogP contribution is -2.34. The van der Waals surface area contributed by atoms with Crippen molar-refractivity contribution in [2.45, 2.75) is 10.1 Å². The predicted molar refractivity (Wildman–Crippen MR) is 110 cm³/mol. The molecule has 3 rings (SSSR count). The molecule has 0 atom stereocenters. The van der Waals surface area contributed by atoms with Crippen LogP contribution in [0.1, 0.15) is 5.56 Å². The fraction of sp³-hybridized carbons (Fsp3) is 0.235. The average Bonchev–Trinajstić information content (AvgIpc) is 3.06. The average molecular weight is 423 g/mol. The SMILES string of the molecule is CN(CC(=O)Nc1nnc(SCc2cccc3ccccc23)s1)S(C)(=O)=O. The molecule has 142 valence electrons. The maximum atomic E-state index is 11.9. The van der Waals surface area contributed by atoms with Crippen molar-refractivity contribution in [3.63, 3.8) is 0 Å². The molecule has 7 nitrogen and oxygen atoms in total. The first-order valence-electron chi connectivity index (χ1n) is 7.97. The van der Waals surface area contributed by atoms with Gasteiger partial charge in [0.2, 0.25) is 21.1 Å². The molecule has 0 fully saturated rings. The van der Waals surface area contributed by atoms with E-state index in [-0.39, 0.29) is 6.54 Å². The van der Waals surface area contributed by atoms with Gasteiger partial charge in [-0.2, -0.15) is 4.31 Å². The lowest BCUT2D eigenvalue weighted by atomic mass is 10.1. The summed E-state index contributed by atoms with van der Waals surface area (Å²) >= 11 is 2.80. The van der Waals surface area contributed by atoms with Gasteiger partial charge in [0, 0.05) is 12.8 Å². The Balaban J connectivity index is 1.60. The third-order valence-electron chi connectivity index (χ3n) is 3.82. The molecule has 1 heterocycles. The first kappa shape index (κ1) is 19.7. The lowest BCUT2D eigenvalue weighted by molar-refractivity contribution is -0.116. The Kier molecular flexibility index (Phi) is 6.10. The van der Waals surface area contributed by atoms with E-state index in [0.717, 1.165) is 20.7 Å². The van der Waals surface area contributed by atoms with Gasteiger partial charge in [-0.3, -0.25) is 10.1 Å². The largest absolute Gasteiger partial charge is 0.299 e. The van der Waals surface area contributed by atoms with Gasteiger partial charge in [0.25, 0.3) is 0 Å². The quantitative estimate of drug-likeness (QED) is 0.465. The number of fused-ring (bicyclic) bond motifs is 1. The number of hydrogen-bond acceptors (Lipinski definition) is 7. The predicted octanol–water partition coefficient (Wildman–Crippen LogP) is 2.81. The molecule has 3 aromatic rings. The molecule has 0 spiro atoms. The topological polar surface area (TPSA) is 92.3 Å². The van der Waals surface area contributed by atoms with Gasteiger partial charge in [0.15, 0.2) is 4.34 Å². The maximum absolute atomic E-state index is 11.9. The molecule has 0 aliphatic heterocycles. The second kappa shape index (κ2) is 8.34. The van der Waals surface area contributed by atoms with Crippen LogP contribution in [-0.4, -0.2) is 48.7 Å². The van der Waals surface area contributed by atoms with Crippen molar-refractivity contribution in [3.05, 3.63) is 48.0 Å². The van der Waals surface area contributed by atoms with Crippen molar-refractivity contribution >= 4 is 54.9 Å². The van der Waals surface area contributed by atoms with Crippen LogP contribution in [0.2, 0.25) is 0 Å². The minimum absolute atomic E-state index is 0.267. The molecule has 27 heavy (non-hydrogen) atoms. The summed E-state index contributed by atoms with van der Waals surface area (Å²) in [4.78, 5) is 11.9. The highest BCUT2D eigenvalue weighted by molar-refractivity contribution is 8.00. The molecule has 0 saturated heterocycles. The number of likely N-dealkylation sites (N-methyl/N-ethyl adjacent to an activating group) is 1. The molecule has 10 heteroatoms. The number of anilines is 1. The Morgan fingerprint density at radius 3 is 2.70 bits per heavy atom. The first-order valence-corrected chi connectivity index (χ1v) is 11.6. The number of benzene rings is 2. The van der Waals surface area contributed by atoms with Crippen LogP contribution in [0.15, 0.2) is 46.8 Å². The number of carbonyl (C=O) groups excluding carboxylic acids is 1. The number of carbonyl (C=O) groups is 1. The van der Waals surface area contributed by atoms with E-state index in [1.54, 1.807) is 11.8 Å². The Bertz CT molecular complexity index is 1060. The molecule has 0 saturated carbocycles. The first-order chi connectivity index (χ1) is 12.8. The Morgan fingerprint density at radius 2 is 1.93 bits per heavy atom. The van der Waals surface area contributed by atoms with Gasteiger partial charge in [-0.05, 0) is 16.3 Å². The Morgan fingerprint density at radius 1 is 1.19 bits per heavy atom. The van der Waals surface area contributed by atoms with Gasteiger partial charge in [0.05, 0.1) is 12.8 Å². The summed E-state index contributed by atoms with van der Waals surface area (Å²) in [5.41, 5.74) is 1.20. The smallest absolute Gasteiger partial charge is 0.241 e. The van der Waals surface area contributed by atoms with E-state index >= 15 is 0 Å². The van der Waals surface area contributed by atoms with E-state index < -0.39 is 15.9 Å². The number of amides is 1. The number of rotatable bonds is 7. The van der Waals surface area contributed by atoms with Crippen molar-refractivity contribution in [2.75, 3.05) is 25.2 Å². The normalized spacial score (nSPS) is 11.8. The van der Waals surface area contributed by atoms with Crippen LogP contribution in [-0.2, 0) is 20.6 Å². The van der Waals surface area contributed by atoms with Crippen molar-refractivity contribution in [3.8, 4) is 0 Å². The van der Waals surface area contributed by atoms with Crippen molar-refractivity contribution in [1.82, 2.24) is 14.5 Å². The molecule has 0 radical (unpaired) electrons. The van der Waals surface area contributed by atoms with Crippen LogP contribution in [0.3, 0.4) is 0 Å². The molecular formula is C17H18N4O3S3. The Hall–Kier alpha value is -2.01. The Labute approximate surface area is 165 Å². The highest BCUT2D eigenvalue weighted by atomic mass is 32.2. The fourth-order valence-electron chi connectivity index (χ4n) is 2.35. The molecule has 1 aromatic heterocycles. The van der Waals surface area contributed by atoms with Gasteiger partial charge in [-0.15, -0.1) is 10.2 Å². The molecule has 0 aliphatic carbocycles. The van der Waals surface area contributed by atoms with Crippen LogP contribution >= 0.6 is 23.1 Å². The van der Waals surface area contributed by atoms with E-state index in [0.29, 0.717) is 5.13 Å². The summed E-state index contributed by atoms with van der Waals surface area (Å²) in [5.74, 6) is 0.283. The van der Waals surface area contributed by atoms with Crippen LogP contribution in [0, 0.1) is 0 Å². The van der Waals surface area contributed by atoms with Gasteiger partial charge in [-0.25, -0.2) is 8.42 Å². The maximum Gasteiger partial charge on any atom is 0.241 e. The molecule has 0 aliphatic rings. The van der Waals surface area contributed by atoms with E-state index in [1.807, 2.05) is 18.2 Å². The van der Waals surface area contributed by atoms with E-state index in [2.05, 4.69) is 39.8 Å². The van der Waals surface area contributed by atoms with E-state index in [4.69, 9.17) is 0 Å². The van der Waals surface area contributed by atoms with Crippen molar-refractivity contribution < 1.29 is 13.2 Å². The standard InChI is InChI=1S/C17H18N4O3S3/c1-21(27(2,23)24)10-15(22)18-16-19-20-17(26-16)25-11-13-8-5-7-12-6-3-4-9-14(12)13/h3-9H,10-11H2,1-2H3,(H,18,19,22). The van der Waals surface area contributed by atoms with Gasteiger partial charge < -0.3 is 0 Å². The van der Waals surface area contributed by atoms with E-state index in [1.165, 1.54) is 34.7 Å². The summed E-state index contributed by atoms with van der Waals surface area (Å²) < 4.78 is 24.4. The highest BCUT2D eigenvalue weighted by Crippen LogP contribution is 2.30. The summed E-state index contributed by atoms with van der Waals surface area (Å²) in [6.07, 6.45) is 1.05. The second-order valence-corrected chi connectivity index (χ2v) is 10.2. The monoisotopic (exact) mass is 422 g/mol. The van der Waals surface area contributed by atoms with Crippen LogP contribution in [0.25, 0.3) is 10.8 Å². The zero-order chi connectivity index (χ0) is 19.4. The number of hydrogen-bond donors (Lipinski definition) is 1. The summed E-state index contributed by atoms with van der Waals surface area (Å²) in [7, 11) is -2.06. The fourth-order valence-corrected chi connectivity index (χ4v) is 4.48. The van der Waals surface area contributed by atoms with Crippen molar-refractivity contribution in [2.24, 2.45) is 0 Å². The molecule has 2 aromatic carbocycles. The third kappa shape index (κ3) is 5.25. The molecule has 1 amide bonds. The number of nitrogens with one attached hydrogen (secondary N) is 1. The number of thioether (sulfide) groups is 1. The van der Waals surface area contributed by atoms with Crippen LogP contribution < -0.4 is 5.32 Å². The zero-order valence-corrected chi connectivity index (χ0v) is 17.2. The highest BCUT2D eigenvalue weighted by Gasteiger charge is 2.16. The van der Waals surface area contributed by atoms with Crippen LogP contribution in [0.5, 0.6) is 0 Å². The number of sulfonamides is 1. The molecule has 0 unspecified atom stereocenters. The third-order valence-corrected chi connectivity index (χ3v) is 7.10. The lowest BCUT2D eigenvalue weighted by Gasteiger charge is -2.12. The number of aromatic nitrogens is 2. The van der Waals surface area contributed by atoms with Crippen molar-refractivity contribution in [1.29, 1.82) is 0 Å². The molecular weight excluding hydrogens is 404 g/mol. The summed E-state index contributed by atoms with van der Waals surface area (Å²) in [5, 5.41) is 13.3. The summed E-state index contributed by atoms with van der Waals surface area (Å²) in [6.45, 7) is -0.267.